The highest BCUT2D eigenvalue weighted by molar-refractivity contribution is 7.12. The summed E-state index contributed by atoms with van der Waals surface area (Å²) in [5.74, 6) is -0.0606. The Bertz CT molecular complexity index is 1440. The van der Waals surface area contributed by atoms with Crippen LogP contribution in [0.1, 0.15) is 26.8 Å². The van der Waals surface area contributed by atoms with Gasteiger partial charge in [-0.05, 0) is 41.3 Å². The molecule has 0 atom stereocenters. The lowest BCUT2D eigenvalue weighted by Crippen LogP contribution is -2.21. The molecule has 31 heavy (non-hydrogen) atoms. The smallest absolute Gasteiger partial charge is 0.284 e. The molecule has 0 amide bonds. The van der Waals surface area contributed by atoms with Crippen LogP contribution in [0.25, 0.3) is 11.5 Å². The van der Waals surface area contributed by atoms with Crippen molar-refractivity contribution in [3.8, 4) is 5.69 Å². The summed E-state index contributed by atoms with van der Waals surface area (Å²) >= 11 is 7.31. The second kappa shape index (κ2) is 7.90. The first-order valence-corrected chi connectivity index (χ1v) is 10.6. The summed E-state index contributed by atoms with van der Waals surface area (Å²) in [7, 11) is 0. The number of thiophene rings is 1. The number of fused-ring (bicyclic) bond motifs is 1. The van der Waals surface area contributed by atoms with Gasteiger partial charge in [-0.3, -0.25) is 9.59 Å². The van der Waals surface area contributed by atoms with Crippen LogP contribution >= 0.6 is 22.9 Å². The predicted molar refractivity (Wildman–Crippen MR) is 118 cm³/mol. The summed E-state index contributed by atoms with van der Waals surface area (Å²) in [5.41, 5.74) is 1.30. The standard InChI is InChI=1S/C22H14ClN5O2S/c23-15-8-10-16(11-9-15)27-22-24-21(30)17(13-14-5-2-1-3-6-14)25-28(22)20(26-27)19(29)18-7-4-12-31-18/h1-12H,13H2. The van der Waals surface area contributed by atoms with E-state index < -0.39 is 5.56 Å². The minimum absolute atomic E-state index is 0.0780. The van der Waals surface area contributed by atoms with Gasteiger partial charge in [-0.25, -0.2) is 0 Å². The first-order chi connectivity index (χ1) is 15.1. The third kappa shape index (κ3) is 3.67. The van der Waals surface area contributed by atoms with Crippen LogP contribution in [0, 0.1) is 0 Å². The molecule has 0 bridgehead atoms. The summed E-state index contributed by atoms with van der Waals surface area (Å²) in [5, 5.41) is 11.3. The van der Waals surface area contributed by atoms with Crippen LogP contribution in [0.5, 0.6) is 0 Å². The Labute approximate surface area is 185 Å². The molecule has 3 aromatic heterocycles. The molecule has 5 aromatic rings. The van der Waals surface area contributed by atoms with E-state index in [9.17, 15) is 9.59 Å². The number of halogens is 1. The van der Waals surface area contributed by atoms with E-state index in [1.165, 1.54) is 20.5 Å². The molecular formula is C22H14ClN5O2S. The van der Waals surface area contributed by atoms with Gasteiger partial charge in [-0.2, -0.15) is 19.3 Å². The van der Waals surface area contributed by atoms with Gasteiger partial charge >= 0.3 is 0 Å². The normalized spacial score (nSPS) is 11.1. The van der Waals surface area contributed by atoms with Gasteiger partial charge in [0.05, 0.1) is 10.6 Å². The minimum Gasteiger partial charge on any atom is -0.284 e. The number of benzene rings is 2. The molecule has 0 aliphatic carbocycles. The first kappa shape index (κ1) is 19.3. The largest absolute Gasteiger partial charge is 0.296 e. The van der Waals surface area contributed by atoms with Gasteiger partial charge in [-0.1, -0.05) is 48.0 Å². The molecule has 0 spiro atoms. The van der Waals surface area contributed by atoms with Gasteiger partial charge in [0, 0.05) is 11.4 Å². The zero-order valence-corrected chi connectivity index (χ0v) is 17.5. The van der Waals surface area contributed by atoms with Crippen molar-refractivity contribution in [1.82, 2.24) is 24.4 Å². The van der Waals surface area contributed by atoms with E-state index in [2.05, 4.69) is 15.2 Å². The van der Waals surface area contributed by atoms with Gasteiger partial charge in [0.15, 0.2) is 0 Å². The van der Waals surface area contributed by atoms with Gasteiger partial charge in [0.25, 0.3) is 11.3 Å². The lowest BCUT2D eigenvalue weighted by molar-refractivity contribution is 0.103. The van der Waals surface area contributed by atoms with Crippen molar-refractivity contribution in [3.63, 3.8) is 0 Å². The summed E-state index contributed by atoms with van der Waals surface area (Å²) in [4.78, 5) is 30.6. The predicted octanol–water partition coefficient (Wildman–Crippen LogP) is 3.81. The second-order valence-corrected chi connectivity index (χ2v) is 8.14. The highest BCUT2D eigenvalue weighted by Gasteiger charge is 2.23. The fourth-order valence-electron chi connectivity index (χ4n) is 3.19. The van der Waals surface area contributed by atoms with Crippen LogP contribution < -0.4 is 5.56 Å². The fourth-order valence-corrected chi connectivity index (χ4v) is 3.97. The van der Waals surface area contributed by atoms with E-state index in [-0.39, 0.29) is 23.1 Å². The van der Waals surface area contributed by atoms with Crippen LogP contribution in [0.2, 0.25) is 5.02 Å². The molecule has 0 saturated carbocycles. The molecule has 5 rings (SSSR count). The number of nitrogens with zero attached hydrogens (tertiary/aromatic N) is 5. The Kier molecular flexibility index (Phi) is 4.93. The molecule has 2 aromatic carbocycles. The van der Waals surface area contributed by atoms with Crippen molar-refractivity contribution in [2.24, 2.45) is 0 Å². The van der Waals surface area contributed by atoms with E-state index in [1.54, 1.807) is 36.4 Å². The average Bonchev–Trinajstić information content (AvgIpc) is 3.44. The summed E-state index contributed by atoms with van der Waals surface area (Å²) < 4.78 is 2.77. The molecule has 0 unspecified atom stereocenters. The lowest BCUT2D eigenvalue weighted by Gasteiger charge is -2.03. The number of carbonyl (C=O) groups excluding carboxylic acids is 1. The van der Waals surface area contributed by atoms with Crippen molar-refractivity contribution < 1.29 is 4.79 Å². The molecule has 0 saturated heterocycles. The van der Waals surface area contributed by atoms with Crippen LogP contribution in [-0.4, -0.2) is 30.2 Å². The third-order valence-electron chi connectivity index (χ3n) is 4.68. The van der Waals surface area contributed by atoms with E-state index in [1.807, 2.05) is 35.7 Å². The maximum absolute atomic E-state index is 13.1. The highest BCUT2D eigenvalue weighted by atomic mass is 35.5. The third-order valence-corrected chi connectivity index (χ3v) is 5.80. The van der Waals surface area contributed by atoms with Gasteiger partial charge in [0.1, 0.15) is 5.69 Å². The van der Waals surface area contributed by atoms with Crippen molar-refractivity contribution in [2.45, 2.75) is 6.42 Å². The number of carbonyl (C=O) groups is 1. The number of rotatable bonds is 5. The van der Waals surface area contributed by atoms with Crippen LogP contribution in [-0.2, 0) is 6.42 Å². The monoisotopic (exact) mass is 447 g/mol. The van der Waals surface area contributed by atoms with Gasteiger partial charge in [-0.15, -0.1) is 16.4 Å². The number of hydrogen-bond acceptors (Lipinski definition) is 6. The zero-order valence-electron chi connectivity index (χ0n) is 16.0. The minimum atomic E-state index is -0.464. The number of ketones is 1. The average molecular weight is 448 g/mol. The number of hydrogen-bond donors (Lipinski definition) is 0. The highest BCUT2D eigenvalue weighted by Crippen LogP contribution is 2.19. The molecule has 0 aliphatic heterocycles. The van der Waals surface area contributed by atoms with Crippen molar-refractivity contribution in [3.05, 3.63) is 109 Å². The first-order valence-electron chi connectivity index (χ1n) is 9.37. The molecule has 0 fully saturated rings. The summed E-state index contributed by atoms with van der Waals surface area (Å²) in [6.45, 7) is 0. The Morgan fingerprint density at radius 2 is 1.74 bits per heavy atom. The molecule has 0 aliphatic rings. The molecule has 152 valence electrons. The van der Waals surface area contributed by atoms with E-state index >= 15 is 0 Å². The van der Waals surface area contributed by atoms with Crippen LogP contribution in [0.15, 0.2) is 76.9 Å². The molecular weight excluding hydrogens is 434 g/mol. The van der Waals surface area contributed by atoms with E-state index in [0.29, 0.717) is 22.0 Å². The maximum atomic E-state index is 13.1. The molecule has 9 heteroatoms. The Balaban J connectivity index is 1.71. The topological polar surface area (TPSA) is 82.1 Å². The summed E-state index contributed by atoms with van der Waals surface area (Å²) in [6, 6.07) is 19.9. The van der Waals surface area contributed by atoms with Crippen molar-refractivity contribution in [2.75, 3.05) is 0 Å². The Morgan fingerprint density at radius 1 is 0.968 bits per heavy atom. The van der Waals surface area contributed by atoms with Crippen LogP contribution in [0.4, 0.5) is 0 Å². The Hall–Kier alpha value is -3.62. The Morgan fingerprint density at radius 3 is 2.45 bits per heavy atom. The summed E-state index contributed by atoms with van der Waals surface area (Å²) in [6.07, 6.45) is 0.300. The van der Waals surface area contributed by atoms with Crippen LogP contribution in [0.3, 0.4) is 0 Å². The molecule has 7 nitrogen and oxygen atoms in total. The van der Waals surface area contributed by atoms with Crippen molar-refractivity contribution in [1.29, 1.82) is 0 Å². The van der Waals surface area contributed by atoms with Gasteiger partial charge in [0.2, 0.25) is 11.6 Å². The maximum Gasteiger partial charge on any atom is 0.296 e. The SMILES string of the molecule is O=C(c1cccs1)c1nn(-c2ccc(Cl)cc2)c2nc(=O)c(Cc3ccccc3)nn12. The van der Waals surface area contributed by atoms with Gasteiger partial charge < -0.3 is 0 Å². The fraction of sp³-hybridized carbons (Fsp3) is 0.0455. The molecule has 0 N–H and O–H groups in total. The molecule has 3 heterocycles. The van der Waals surface area contributed by atoms with E-state index in [0.717, 1.165) is 5.56 Å². The molecule has 0 radical (unpaired) electrons. The van der Waals surface area contributed by atoms with E-state index in [4.69, 9.17) is 11.6 Å². The quantitative estimate of drug-likeness (QED) is 0.382. The lowest BCUT2D eigenvalue weighted by atomic mass is 10.1. The zero-order chi connectivity index (χ0) is 21.4. The second-order valence-electron chi connectivity index (χ2n) is 6.76. The van der Waals surface area contributed by atoms with Crippen molar-refractivity contribution >= 4 is 34.5 Å². The number of aromatic nitrogens is 5.